The highest BCUT2D eigenvalue weighted by atomic mass is 35.5. The van der Waals surface area contributed by atoms with E-state index in [1.807, 2.05) is 0 Å². The molecule has 1 aliphatic heterocycles. The number of piperazine rings is 1. The molecule has 44 heavy (non-hydrogen) atoms. The molecule has 0 bridgehead atoms. The lowest BCUT2D eigenvalue weighted by atomic mass is 9.86. The second kappa shape index (κ2) is 13.1. The van der Waals surface area contributed by atoms with Crippen molar-refractivity contribution in [1.29, 1.82) is 0 Å². The monoisotopic (exact) mass is 630 g/mol. The van der Waals surface area contributed by atoms with Crippen LogP contribution in [0.15, 0.2) is 89.8 Å². The zero-order chi connectivity index (χ0) is 30.7. The van der Waals surface area contributed by atoms with Crippen LogP contribution in [0.25, 0.3) is 10.8 Å². The van der Waals surface area contributed by atoms with Gasteiger partial charge in [0.2, 0.25) is 21.8 Å². The number of amides is 2. The zero-order valence-corrected chi connectivity index (χ0v) is 25.8. The Balaban J connectivity index is 1.10. The smallest absolute Gasteiger partial charge is 0.243 e. The highest BCUT2D eigenvalue weighted by Crippen LogP contribution is 2.31. The first-order valence-electron chi connectivity index (χ1n) is 14.9. The van der Waals surface area contributed by atoms with Crippen LogP contribution in [0.3, 0.4) is 0 Å². The van der Waals surface area contributed by atoms with Crippen molar-refractivity contribution in [2.45, 2.75) is 55.8 Å². The van der Waals surface area contributed by atoms with Gasteiger partial charge in [0.1, 0.15) is 6.04 Å². The maximum absolute atomic E-state index is 13.4. The molecule has 10 heteroatoms. The molecule has 3 N–H and O–H groups in total. The number of carbonyl (C=O) groups is 2. The standard InChI is InChI=1S/C34H35ClN4O4S/c35-27-12-14-28(15-13-27)44(42,43)39-18-17-37-34(41)32(39)20-33(40)38-31-10-4-7-25-19-23(11-16-30(25)31)21-36-22-26-8-3-6-24-5-1-2-9-29(24)26/h1-3,5-6,8-9,11-16,19,31-32,36H,4,7,10,17-18,20-22H2,(H,37,41)(H,38,40)/t31-,32?/m1/s1. The van der Waals surface area contributed by atoms with E-state index >= 15 is 0 Å². The van der Waals surface area contributed by atoms with Crippen LogP contribution in [0.1, 0.15) is 47.6 Å². The topological polar surface area (TPSA) is 108 Å². The van der Waals surface area contributed by atoms with Crippen molar-refractivity contribution in [1.82, 2.24) is 20.3 Å². The molecule has 2 atom stereocenters. The maximum Gasteiger partial charge on any atom is 0.243 e. The Kier molecular flexibility index (Phi) is 9.00. The summed E-state index contributed by atoms with van der Waals surface area (Å²) < 4.78 is 27.9. The molecule has 2 aliphatic rings. The highest BCUT2D eigenvalue weighted by molar-refractivity contribution is 7.89. The van der Waals surface area contributed by atoms with Crippen LogP contribution in [0.4, 0.5) is 0 Å². The third-order valence-corrected chi connectivity index (χ3v) is 10.6. The third-order valence-electron chi connectivity index (χ3n) is 8.46. The van der Waals surface area contributed by atoms with Gasteiger partial charge in [-0.25, -0.2) is 8.42 Å². The summed E-state index contributed by atoms with van der Waals surface area (Å²) in [6, 6.07) is 25.6. The fourth-order valence-electron chi connectivity index (χ4n) is 6.26. The van der Waals surface area contributed by atoms with Gasteiger partial charge in [0.05, 0.1) is 17.4 Å². The van der Waals surface area contributed by atoms with Crippen molar-refractivity contribution in [3.63, 3.8) is 0 Å². The van der Waals surface area contributed by atoms with E-state index in [1.165, 1.54) is 51.7 Å². The summed E-state index contributed by atoms with van der Waals surface area (Å²) in [6.45, 7) is 1.75. The van der Waals surface area contributed by atoms with E-state index in [4.69, 9.17) is 11.6 Å². The summed E-state index contributed by atoms with van der Waals surface area (Å²) in [7, 11) is -4.00. The first kappa shape index (κ1) is 30.3. The van der Waals surface area contributed by atoms with Crippen LogP contribution in [0.5, 0.6) is 0 Å². The second-order valence-corrected chi connectivity index (χ2v) is 13.7. The van der Waals surface area contributed by atoms with E-state index in [0.29, 0.717) is 5.02 Å². The average Bonchev–Trinajstić information content (AvgIpc) is 3.02. The highest BCUT2D eigenvalue weighted by Gasteiger charge is 2.40. The number of fused-ring (bicyclic) bond motifs is 2. The predicted octanol–water partition coefficient (Wildman–Crippen LogP) is 4.86. The summed E-state index contributed by atoms with van der Waals surface area (Å²) in [5.74, 6) is -0.837. The van der Waals surface area contributed by atoms with Gasteiger partial charge in [-0.3, -0.25) is 9.59 Å². The molecule has 1 heterocycles. The first-order valence-corrected chi connectivity index (χ1v) is 16.7. The van der Waals surface area contributed by atoms with Gasteiger partial charge in [-0.2, -0.15) is 4.31 Å². The molecule has 8 nitrogen and oxygen atoms in total. The molecule has 0 spiro atoms. The van der Waals surface area contributed by atoms with Crippen molar-refractivity contribution in [2.75, 3.05) is 13.1 Å². The van der Waals surface area contributed by atoms with Gasteiger partial charge in [0.25, 0.3) is 0 Å². The molecular weight excluding hydrogens is 596 g/mol. The number of sulfonamides is 1. The van der Waals surface area contributed by atoms with Gasteiger partial charge in [-0.15, -0.1) is 0 Å². The molecule has 1 unspecified atom stereocenters. The molecular formula is C34H35ClN4O4S. The number of benzene rings is 4. The van der Waals surface area contributed by atoms with Gasteiger partial charge in [-0.1, -0.05) is 72.3 Å². The molecule has 0 saturated carbocycles. The fraction of sp³-hybridized carbons (Fsp3) is 0.294. The van der Waals surface area contributed by atoms with E-state index < -0.39 is 22.0 Å². The predicted molar refractivity (Wildman–Crippen MR) is 172 cm³/mol. The summed E-state index contributed by atoms with van der Waals surface area (Å²) in [6.07, 6.45) is 2.37. The Morgan fingerprint density at radius 3 is 2.61 bits per heavy atom. The van der Waals surface area contributed by atoms with Crippen LogP contribution in [-0.2, 0) is 39.1 Å². The number of aryl methyl sites for hydroxylation is 1. The number of nitrogens with zero attached hydrogens (tertiary/aromatic N) is 1. The van der Waals surface area contributed by atoms with Crippen molar-refractivity contribution in [3.05, 3.63) is 112 Å². The zero-order valence-electron chi connectivity index (χ0n) is 24.3. The molecule has 228 valence electrons. The largest absolute Gasteiger partial charge is 0.353 e. The normalized spacial score (nSPS) is 18.9. The van der Waals surface area contributed by atoms with Crippen LogP contribution in [0.2, 0.25) is 5.02 Å². The van der Waals surface area contributed by atoms with E-state index in [2.05, 4.69) is 76.6 Å². The number of hydrogen-bond donors (Lipinski definition) is 3. The van der Waals surface area contributed by atoms with Crippen molar-refractivity contribution < 1.29 is 18.0 Å². The van der Waals surface area contributed by atoms with Crippen LogP contribution >= 0.6 is 11.6 Å². The Hall–Kier alpha value is -3.76. The lowest BCUT2D eigenvalue weighted by Gasteiger charge is -2.34. The Morgan fingerprint density at radius 1 is 0.977 bits per heavy atom. The fourth-order valence-corrected chi connectivity index (χ4v) is 7.98. The van der Waals surface area contributed by atoms with E-state index in [0.717, 1.165) is 42.2 Å². The van der Waals surface area contributed by atoms with Crippen molar-refractivity contribution in [2.24, 2.45) is 0 Å². The van der Waals surface area contributed by atoms with E-state index in [-0.39, 0.29) is 36.4 Å². The number of hydrogen-bond acceptors (Lipinski definition) is 5. The molecule has 0 radical (unpaired) electrons. The van der Waals surface area contributed by atoms with Crippen molar-refractivity contribution >= 4 is 44.2 Å². The van der Waals surface area contributed by atoms with Gasteiger partial charge >= 0.3 is 0 Å². The molecule has 4 aromatic rings. The number of rotatable bonds is 9. The van der Waals surface area contributed by atoms with Crippen LogP contribution in [-0.4, -0.2) is 43.7 Å². The summed E-state index contributed by atoms with van der Waals surface area (Å²) in [5.41, 5.74) is 4.71. The number of nitrogens with one attached hydrogen (secondary N) is 3. The molecule has 4 aromatic carbocycles. The Bertz CT molecular complexity index is 1790. The van der Waals surface area contributed by atoms with Gasteiger partial charge in [-0.05, 0) is 76.6 Å². The molecule has 1 aliphatic carbocycles. The van der Waals surface area contributed by atoms with Gasteiger partial charge in [0, 0.05) is 31.2 Å². The lowest BCUT2D eigenvalue weighted by molar-refractivity contribution is -0.132. The van der Waals surface area contributed by atoms with Gasteiger partial charge < -0.3 is 16.0 Å². The quantitative estimate of drug-likeness (QED) is 0.245. The third kappa shape index (κ3) is 6.51. The maximum atomic E-state index is 13.4. The summed E-state index contributed by atoms with van der Waals surface area (Å²) >= 11 is 5.94. The minimum Gasteiger partial charge on any atom is -0.353 e. The molecule has 1 saturated heterocycles. The lowest BCUT2D eigenvalue weighted by Crippen LogP contribution is -2.58. The summed E-state index contributed by atoms with van der Waals surface area (Å²) in [4.78, 5) is 26.1. The van der Waals surface area contributed by atoms with E-state index in [9.17, 15) is 18.0 Å². The molecule has 6 rings (SSSR count). The summed E-state index contributed by atoms with van der Waals surface area (Å²) in [5, 5.41) is 12.3. The Morgan fingerprint density at radius 2 is 1.77 bits per heavy atom. The SMILES string of the molecule is O=C(CC1C(=O)NCCN1S(=O)(=O)c1ccc(Cl)cc1)N[C@@H]1CCCc2cc(CNCc3cccc4ccccc34)ccc21. The van der Waals surface area contributed by atoms with Crippen molar-refractivity contribution in [3.8, 4) is 0 Å². The second-order valence-electron chi connectivity index (χ2n) is 11.4. The minimum atomic E-state index is -4.00. The van der Waals surface area contributed by atoms with E-state index in [1.54, 1.807) is 0 Å². The van der Waals surface area contributed by atoms with Crippen LogP contribution in [0, 0.1) is 0 Å². The molecule has 2 amide bonds. The molecule has 0 aromatic heterocycles. The van der Waals surface area contributed by atoms with Crippen LogP contribution < -0.4 is 16.0 Å². The van der Waals surface area contributed by atoms with Gasteiger partial charge in [0.15, 0.2) is 0 Å². The Labute approximate surface area is 262 Å². The minimum absolute atomic E-state index is 0.0330. The molecule has 1 fully saturated rings. The number of halogens is 1. The first-order chi connectivity index (χ1) is 21.3. The number of carbonyl (C=O) groups excluding carboxylic acids is 2. The average molecular weight is 631 g/mol.